The zero-order valence-corrected chi connectivity index (χ0v) is 10.6. The number of nitrogens with one attached hydrogen (secondary N) is 1. The van der Waals surface area contributed by atoms with Crippen LogP contribution in [0.2, 0.25) is 0 Å². The van der Waals surface area contributed by atoms with Gasteiger partial charge in [0.1, 0.15) is 5.82 Å². The quantitative estimate of drug-likeness (QED) is 0.722. The lowest BCUT2D eigenvalue weighted by Crippen LogP contribution is -2.26. The standard InChI is InChI=1S/C13H20N4/c1-4-7-17(8-5-2)13-11-15-10-12(16-13)9-14-6-3/h1,10-11,14H,5-9H2,2-3H3. The molecule has 4 heteroatoms. The summed E-state index contributed by atoms with van der Waals surface area (Å²) in [6.45, 7) is 7.34. The van der Waals surface area contributed by atoms with E-state index in [4.69, 9.17) is 6.42 Å². The van der Waals surface area contributed by atoms with Crippen molar-refractivity contribution >= 4 is 5.82 Å². The molecule has 1 heterocycles. The molecule has 0 fully saturated rings. The molecule has 0 aliphatic rings. The Bertz CT molecular complexity index is 370. The van der Waals surface area contributed by atoms with Crippen LogP contribution in [0.25, 0.3) is 0 Å². The van der Waals surface area contributed by atoms with Gasteiger partial charge < -0.3 is 10.2 Å². The molecule has 1 N–H and O–H groups in total. The minimum Gasteiger partial charge on any atom is -0.344 e. The SMILES string of the molecule is C#CCN(CCC)c1cncc(CNCC)n1. The topological polar surface area (TPSA) is 41.1 Å². The molecule has 0 atom stereocenters. The molecule has 0 aliphatic carbocycles. The lowest BCUT2D eigenvalue weighted by atomic mass is 10.3. The van der Waals surface area contributed by atoms with Crippen molar-refractivity contribution in [2.75, 3.05) is 24.5 Å². The second-order valence-corrected chi connectivity index (χ2v) is 3.77. The summed E-state index contributed by atoms with van der Waals surface area (Å²) >= 11 is 0. The summed E-state index contributed by atoms with van der Waals surface area (Å²) in [4.78, 5) is 10.8. The molecule has 1 aromatic rings. The van der Waals surface area contributed by atoms with Gasteiger partial charge in [-0.3, -0.25) is 4.98 Å². The Morgan fingerprint density at radius 1 is 1.41 bits per heavy atom. The molecule has 0 saturated heterocycles. The molecule has 92 valence electrons. The van der Waals surface area contributed by atoms with Gasteiger partial charge in [0.05, 0.1) is 18.4 Å². The molecular weight excluding hydrogens is 212 g/mol. The van der Waals surface area contributed by atoms with E-state index in [1.54, 1.807) is 12.4 Å². The summed E-state index contributed by atoms with van der Waals surface area (Å²) in [5.41, 5.74) is 0.947. The Morgan fingerprint density at radius 2 is 2.24 bits per heavy atom. The van der Waals surface area contributed by atoms with Crippen LogP contribution in [-0.4, -0.2) is 29.6 Å². The Balaban J connectivity index is 2.76. The third-order valence-electron chi connectivity index (χ3n) is 2.33. The van der Waals surface area contributed by atoms with Crippen molar-refractivity contribution in [2.24, 2.45) is 0 Å². The first kappa shape index (κ1) is 13.5. The van der Waals surface area contributed by atoms with Crippen molar-refractivity contribution in [2.45, 2.75) is 26.8 Å². The van der Waals surface area contributed by atoms with E-state index in [9.17, 15) is 0 Å². The van der Waals surface area contributed by atoms with Crippen LogP contribution in [0.5, 0.6) is 0 Å². The average molecular weight is 232 g/mol. The predicted molar refractivity (Wildman–Crippen MR) is 70.7 cm³/mol. The summed E-state index contributed by atoms with van der Waals surface area (Å²) in [5, 5.41) is 3.23. The van der Waals surface area contributed by atoms with Gasteiger partial charge in [0, 0.05) is 19.3 Å². The molecule has 0 aliphatic heterocycles. The van der Waals surface area contributed by atoms with Crippen LogP contribution in [0.1, 0.15) is 26.0 Å². The van der Waals surface area contributed by atoms with E-state index in [-0.39, 0.29) is 0 Å². The monoisotopic (exact) mass is 232 g/mol. The molecule has 0 unspecified atom stereocenters. The zero-order valence-electron chi connectivity index (χ0n) is 10.6. The molecule has 0 spiro atoms. The van der Waals surface area contributed by atoms with Crippen molar-refractivity contribution in [1.29, 1.82) is 0 Å². The van der Waals surface area contributed by atoms with Crippen LogP contribution < -0.4 is 10.2 Å². The van der Waals surface area contributed by atoms with E-state index in [2.05, 4.69) is 40.0 Å². The van der Waals surface area contributed by atoms with E-state index in [0.29, 0.717) is 6.54 Å². The van der Waals surface area contributed by atoms with E-state index >= 15 is 0 Å². The minimum absolute atomic E-state index is 0.577. The number of nitrogens with zero attached hydrogens (tertiary/aromatic N) is 3. The fourth-order valence-electron chi connectivity index (χ4n) is 1.54. The maximum Gasteiger partial charge on any atom is 0.148 e. The van der Waals surface area contributed by atoms with E-state index < -0.39 is 0 Å². The van der Waals surface area contributed by atoms with Crippen molar-refractivity contribution in [1.82, 2.24) is 15.3 Å². The smallest absolute Gasteiger partial charge is 0.148 e. The van der Waals surface area contributed by atoms with Crippen molar-refractivity contribution < 1.29 is 0 Å². The predicted octanol–water partition coefficient (Wildman–Crippen LogP) is 1.44. The highest BCUT2D eigenvalue weighted by Crippen LogP contribution is 2.09. The van der Waals surface area contributed by atoms with Gasteiger partial charge in [-0.05, 0) is 13.0 Å². The summed E-state index contributed by atoms with van der Waals surface area (Å²) in [7, 11) is 0. The van der Waals surface area contributed by atoms with Crippen molar-refractivity contribution in [3.63, 3.8) is 0 Å². The molecule has 4 nitrogen and oxygen atoms in total. The fraction of sp³-hybridized carbons (Fsp3) is 0.538. The number of rotatable bonds is 7. The highest BCUT2D eigenvalue weighted by atomic mass is 15.2. The van der Waals surface area contributed by atoms with Gasteiger partial charge in [-0.2, -0.15) is 0 Å². The fourth-order valence-corrected chi connectivity index (χ4v) is 1.54. The summed E-state index contributed by atoms with van der Waals surface area (Å²) in [6.07, 6.45) is 9.96. The van der Waals surface area contributed by atoms with Gasteiger partial charge in [-0.25, -0.2) is 4.98 Å². The Hall–Kier alpha value is -1.60. The number of anilines is 1. The van der Waals surface area contributed by atoms with Crippen LogP contribution in [0, 0.1) is 12.3 Å². The molecule has 0 radical (unpaired) electrons. The average Bonchev–Trinajstić information content (AvgIpc) is 2.36. The van der Waals surface area contributed by atoms with E-state index in [1.807, 2.05) is 0 Å². The molecular formula is C13H20N4. The van der Waals surface area contributed by atoms with Gasteiger partial charge in [0.15, 0.2) is 0 Å². The summed E-state index contributed by atoms with van der Waals surface area (Å²) in [6, 6.07) is 0. The van der Waals surface area contributed by atoms with Gasteiger partial charge in [-0.15, -0.1) is 6.42 Å². The largest absolute Gasteiger partial charge is 0.344 e. The molecule has 1 aromatic heterocycles. The van der Waals surface area contributed by atoms with Crippen LogP contribution in [0.3, 0.4) is 0 Å². The Labute approximate surface area is 103 Å². The van der Waals surface area contributed by atoms with Crippen molar-refractivity contribution in [3.05, 3.63) is 18.1 Å². The Morgan fingerprint density at radius 3 is 2.88 bits per heavy atom. The van der Waals surface area contributed by atoms with Crippen LogP contribution in [0.4, 0.5) is 5.82 Å². The number of aromatic nitrogens is 2. The number of hydrogen-bond acceptors (Lipinski definition) is 4. The second kappa shape index (κ2) is 7.64. The molecule has 0 saturated carbocycles. The van der Waals surface area contributed by atoms with Gasteiger partial charge in [0.25, 0.3) is 0 Å². The third-order valence-corrected chi connectivity index (χ3v) is 2.33. The molecule has 0 bridgehead atoms. The normalized spacial score (nSPS) is 9.94. The molecule has 0 aromatic carbocycles. The van der Waals surface area contributed by atoms with Gasteiger partial charge >= 0.3 is 0 Å². The first-order valence-corrected chi connectivity index (χ1v) is 6.01. The number of terminal acetylenes is 1. The lowest BCUT2D eigenvalue weighted by Gasteiger charge is -2.20. The highest BCUT2D eigenvalue weighted by Gasteiger charge is 2.06. The highest BCUT2D eigenvalue weighted by molar-refractivity contribution is 5.38. The van der Waals surface area contributed by atoms with Gasteiger partial charge in [-0.1, -0.05) is 19.8 Å². The lowest BCUT2D eigenvalue weighted by molar-refractivity contribution is 0.702. The molecule has 17 heavy (non-hydrogen) atoms. The van der Waals surface area contributed by atoms with Gasteiger partial charge in [0.2, 0.25) is 0 Å². The zero-order chi connectivity index (χ0) is 12.5. The first-order valence-electron chi connectivity index (χ1n) is 6.01. The second-order valence-electron chi connectivity index (χ2n) is 3.77. The third kappa shape index (κ3) is 4.41. The van der Waals surface area contributed by atoms with Crippen LogP contribution >= 0.6 is 0 Å². The summed E-state index contributed by atoms with van der Waals surface area (Å²) in [5.74, 6) is 3.52. The van der Waals surface area contributed by atoms with E-state index in [1.165, 1.54) is 0 Å². The van der Waals surface area contributed by atoms with Crippen LogP contribution in [0.15, 0.2) is 12.4 Å². The Kier molecular flexibility index (Phi) is 6.05. The van der Waals surface area contributed by atoms with Crippen LogP contribution in [-0.2, 0) is 6.54 Å². The van der Waals surface area contributed by atoms with Crippen molar-refractivity contribution in [3.8, 4) is 12.3 Å². The molecule has 0 amide bonds. The first-order chi connectivity index (χ1) is 8.31. The van der Waals surface area contributed by atoms with E-state index in [0.717, 1.165) is 37.6 Å². The maximum atomic E-state index is 5.36. The maximum absolute atomic E-state index is 5.36. The summed E-state index contributed by atoms with van der Waals surface area (Å²) < 4.78 is 0. The molecule has 1 rings (SSSR count). The number of hydrogen-bond donors (Lipinski definition) is 1. The minimum atomic E-state index is 0.577.